The van der Waals surface area contributed by atoms with E-state index in [2.05, 4.69) is 5.32 Å². The Morgan fingerprint density at radius 3 is 2.42 bits per heavy atom. The molecule has 0 bridgehead atoms. The van der Waals surface area contributed by atoms with Gasteiger partial charge in [-0.1, -0.05) is 6.92 Å². The Kier molecular flexibility index (Phi) is 7.43. The van der Waals surface area contributed by atoms with Gasteiger partial charge in [0.1, 0.15) is 11.4 Å². The maximum atomic E-state index is 11.9. The number of carbonyl (C=O) groups is 2. The minimum absolute atomic E-state index is 0.0103. The van der Waals surface area contributed by atoms with Gasteiger partial charge >= 0.3 is 6.09 Å². The topological polar surface area (TPSA) is 77.1 Å². The average molecular weight is 370 g/mol. The van der Waals surface area contributed by atoms with Crippen molar-refractivity contribution in [1.82, 2.24) is 10.2 Å². The summed E-state index contributed by atoms with van der Waals surface area (Å²) < 4.78 is 16.4. The molecule has 0 aromatic heterocycles. The van der Waals surface area contributed by atoms with Crippen molar-refractivity contribution in [3.63, 3.8) is 0 Å². The number of amides is 1. The first kappa shape index (κ1) is 21.1. The molecular weight excluding hydrogens is 336 g/mol. The zero-order chi connectivity index (χ0) is 19.2. The van der Waals surface area contributed by atoms with E-state index in [0.29, 0.717) is 19.4 Å². The largest absolute Gasteiger partial charge is 0.444 e. The van der Waals surface area contributed by atoms with E-state index in [9.17, 15) is 9.59 Å². The number of rotatable bonds is 1. The number of nitrogens with one attached hydrogen (secondary N) is 1. The average Bonchev–Trinajstić information content (AvgIpc) is 3.02. The molecule has 7 heteroatoms. The molecule has 1 amide bonds. The van der Waals surface area contributed by atoms with Crippen LogP contribution < -0.4 is 5.32 Å². The van der Waals surface area contributed by atoms with E-state index in [1.54, 1.807) is 4.90 Å². The second kappa shape index (κ2) is 9.15. The van der Waals surface area contributed by atoms with Gasteiger partial charge in [0.25, 0.3) is 0 Å². The smallest absolute Gasteiger partial charge is 0.410 e. The Hall–Kier alpha value is -1.18. The minimum atomic E-state index is -0.475. The molecule has 1 atom stereocenters. The molecular formula is C19H34N2O5. The lowest BCUT2D eigenvalue weighted by molar-refractivity contribution is -0.172. The van der Waals surface area contributed by atoms with E-state index < -0.39 is 5.60 Å². The number of hydrogen-bond acceptors (Lipinski definition) is 6. The van der Waals surface area contributed by atoms with Crippen LogP contribution in [0.4, 0.5) is 4.79 Å². The van der Waals surface area contributed by atoms with Crippen LogP contribution in [-0.2, 0) is 19.0 Å². The highest BCUT2D eigenvalue weighted by Crippen LogP contribution is 2.28. The normalized spacial score (nSPS) is 25.6. The van der Waals surface area contributed by atoms with Gasteiger partial charge in [0.2, 0.25) is 0 Å². The lowest BCUT2D eigenvalue weighted by atomic mass is 9.99. The zero-order valence-electron chi connectivity index (χ0n) is 16.6. The minimum Gasteiger partial charge on any atom is -0.444 e. The molecule has 0 radical (unpaired) electrons. The summed E-state index contributed by atoms with van der Waals surface area (Å²) in [5, 5.41) is 3.28. The third-order valence-corrected chi connectivity index (χ3v) is 4.81. The highest BCUT2D eigenvalue weighted by Gasteiger charge is 2.37. The van der Waals surface area contributed by atoms with Gasteiger partial charge in [-0.15, -0.1) is 0 Å². The van der Waals surface area contributed by atoms with Crippen LogP contribution in [0.25, 0.3) is 0 Å². The van der Waals surface area contributed by atoms with Crippen molar-refractivity contribution in [1.29, 1.82) is 0 Å². The van der Waals surface area contributed by atoms with Gasteiger partial charge in [0.05, 0.1) is 13.2 Å². The molecule has 3 rings (SSSR count). The van der Waals surface area contributed by atoms with Gasteiger partial charge in [0, 0.05) is 51.4 Å². The van der Waals surface area contributed by atoms with Crippen LogP contribution in [0, 0.1) is 0 Å². The van der Waals surface area contributed by atoms with Gasteiger partial charge in [-0.3, -0.25) is 4.79 Å². The molecule has 0 aromatic carbocycles. The molecule has 3 aliphatic heterocycles. The first-order chi connectivity index (χ1) is 12.2. The van der Waals surface area contributed by atoms with Crippen LogP contribution in [0.3, 0.4) is 0 Å². The predicted molar refractivity (Wildman–Crippen MR) is 98.0 cm³/mol. The lowest BCUT2D eigenvalue weighted by Gasteiger charge is -2.35. The maximum absolute atomic E-state index is 11.9. The molecule has 0 aliphatic carbocycles. The van der Waals surface area contributed by atoms with E-state index in [4.69, 9.17) is 14.2 Å². The Morgan fingerprint density at radius 2 is 1.88 bits per heavy atom. The van der Waals surface area contributed by atoms with Crippen molar-refractivity contribution in [3.8, 4) is 0 Å². The SMILES string of the molecule is C1CC2(CCN1)OCCO2.CCC1CC(=O)CCN1C(=O)OC(C)(C)C. The van der Waals surface area contributed by atoms with E-state index in [-0.39, 0.29) is 23.7 Å². The quantitative estimate of drug-likeness (QED) is 0.764. The molecule has 26 heavy (non-hydrogen) atoms. The monoisotopic (exact) mass is 370 g/mol. The predicted octanol–water partition coefficient (Wildman–Crippen LogP) is 2.48. The van der Waals surface area contributed by atoms with Crippen molar-refractivity contribution in [2.75, 3.05) is 32.8 Å². The van der Waals surface area contributed by atoms with Crippen LogP contribution in [0.2, 0.25) is 0 Å². The molecule has 150 valence electrons. The summed E-state index contributed by atoms with van der Waals surface area (Å²) in [7, 11) is 0. The number of Topliss-reactive ketones (excluding diaryl/α,β-unsaturated/α-hetero) is 1. The molecule has 3 heterocycles. The van der Waals surface area contributed by atoms with Crippen molar-refractivity contribution < 1.29 is 23.8 Å². The first-order valence-corrected chi connectivity index (χ1v) is 9.75. The molecule has 3 aliphatic rings. The molecule has 3 fully saturated rings. The summed E-state index contributed by atoms with van der Waals surface area (Å²) in [5.41, 5.74) is -0.475. The fourth-order valence-corrected chi connectivity index (χ4v) is 3.42. The van der Waals surface area contributed by atoms with Gasteiger partial charge in [-0.2, -0.15) is 0 Å². The number of hydrogen-bond donors (Lipinski definition) is 1. The second-order valence-electron chi connectivity index (χ2n) is 8.09. The molecule has 3 saturated heterocycles. The van der Waals surface area contributed by atoms with Crippen molar-refractivity contribution in [2.24, 2.45) is 0 Å². The van der Waals surface area contributed by atoms with Crippen molar-refractivity contribution in [3.05, 3.63) is 0 Å². The van der Waals surface area contributed by atoms with E-state index in [1.807, 2.05) is 27.7 Å². The summed E-state index contributed by atoms with van der Waals surface area (Å²) >= 11 is 0. The van der Waals surface area contributed by atoms with Crippen LogP contribution in [-0.4, -0.2) is 67.1 Å². The van der Waals surface area contributed by atoms with E-state index in [1.165, 1.54) is 0 Å². The van der Waals surface area contributed by atoms with Crippen LogP contribution >= 0.6 is 0 Å². The van der Waals surface area contributed by atoms with Crippen LogP contribution in [0.5, 0.6) is 0 Å². The van der Waals surface area contributed by atoms with E-state index in [0.717, 1.165) is 45.6 Å². The first-order valence-electron chi connectivity index (χ1n) is 9.75. The number of nitrogens with zero attached hydrogens (tertiary/aromatic N) is 1. The molecule has 7 nitrogen and oxygen atoms in total. The van der Waals surface area contributed by atoms with Crippen molar-refractivity contribution in [2.45, 2.75) is 77.2 Å². The number of ketones is 1. The third kappa shape index (κ3) is 6.21. The molecule has 1 spiro atoms. The number of carbonyl (C=O) groups excluding carboxylic acids is 2. The van der Waals surface area contributed by atoms with Crippen LogP contribution in [0.15, 0.2) is 0 Å². The summed E-state index contributed by atoms with van der Waals surface area (Å²) in [5.74, 6) is 0.0530. The van der Waals surface area contributed by atoms with Gasteiger partial charge < -0.3 is 24.4 Å². The fourth-order valence-electron chi connectivity index (χ4n) is 3.42. The Morgan fingerprint density at radius 1 is 1.27 bits per heavy atom. The summed E-state index contributed by atoms with van der Waals surface area (Å²) in [6.45, 7) is 11.6. The molecule has 0 saturated carbocycles. The highest BCUT2D eigenvalue weighted by atomic mass is 16.7. The summed E-state index contributed by atoms with van der Waals surface area (Å²) in [6, 6.07) is 0.0103. The summed E-state index contributed by atoms with van der Waals surface area (Å²) in [4.78, 5) is 24.9. The maximum Gasteiger partial charge on any atom is 0.410 e. The Balaban J connectivity index is 0.000000206. The number of piperidine rings is 2. The molecule has 0 aromatic rings. The van der Waals surface area contributed by atoms with Crippen molar-refractivity contribution >= 4 is 11.9 Å². The standard InChI is InChI=1S/C12H21NO3.C7H13NO2/c1-5-9-8-10(14)6-7-13(9)11(15)16-12(2,3)4;1-3-8-4-2-7(1)9-5-6-10-7/h9H,5-8H2,1-4H3;8H,1-6H2. The Bertz CT molecular complexity index is 475. The number of likely N-dealkylation sites (tertiary alicyclic amines) is 1. The van der Waals surface area contributed by atoms with E-state index >= 15 is 0 Å². The van der Waals surface area contributed by atoms with Gasteiger partial charge in [0.15, 0.2) is 5.79 Å². The van der Waals surface area contributed by atoms with Gasteiger partial charge in [-0.25, -0.2) is 4.79 Å². The second-order valence-corrected chi connectivity index (χ2v) is 8.09. The molecule has 1 N–H and O–H groups in total. The summed E-state index contributed by atoms with van der Waals surface area (Å²) in [6.07, 6.45) is 3.43. The zero-order valence-corrected chi connectivity index (χ0v) is 16.6. The molecule has 1 unspecified atom stereocenters. The number of ether oxygens (including phenoxy) is 3. The van der Waals surface area contributed by atoms with Gasteiger partial charge in [-0.05, 0) is 27.2 Å². The third-order valence-electron chi connectivity index (χ3n) is 4.81. The van der Waals surface area contributed by atoms with Crippen LogP contribution in [0.1, 0.15) is 59.8 Å². The Labute approximate surface area is 156 Å². The highest BCUT2D eigenvalue weighted by molar-refractivity contribution is 5.82. The fraction of sp³-hybridized carbons (Fsp3) is 0.895. The lowest BCUT2D eigenvalue weighted by Crippen LogP contribution is -2.48.